The van der Waals surface area contributed by atoms with Gasteiger partial charge in [-0.1, -0.05) is 41.9 Å². The van der Waals surface area contributed by atoms with Crippen LogP contribution in [0.1, 0.15) is 12.5 Å². The monoisotopic (exact) mass is 607 g/mol. The third-order valence-corrected chi connectivity index (χ3v) is 8.47. The largest absolute Gasteiger partial charge is 0.449 e. The molecule has 1 fully saturated rings. The molecular formula is C30H30ClN5O5S. The molecule has 0 unspecified atom stereocenters. The number of ether oxygens (including phenoxy) is 1. The smallest absolute Gasteiger partial charge is 0.316 e. The lowest BCUT2D eigenvalue weighted by molar-refractivity contribution is -0.119. The molecule has 2 heterocycles. The molecule has 1 aliphatic heterocycles. The summed E-state index contributed by atoms with van der Waals surface area (Å²) in [5.41, 5.74) is 3.43. The van der Waals surface area contributed by atoms with Crippen molar-refractivity contribution in [2.75, 3.05) is 37.3 Å². The predicted octanol–water partition coefficient (Wildman–Crippen LogP) is 4.06. The van der Waals surface area contributed by atoms with Crippen LogP contribution in [0, 0.1) is 0 Å². The normalized spacial score (nSPS) is 14.0. The first-order valence-corrected chi connectivity index (χ1v) is 15.5. The summed E-state index contributed by atoms with van der Waals surface area (Å²) in [6, 6.07) is 22.0. The molecule has 1 aromatic heterocycles. The highest BCUT2D eigenvalue weighted by Crippen LogP contribution is 2.31. The van der Waals surface area contributed by atoms with Crippen molar-refractivity contribution in [1.82, 2.24) is 19.4 Å². The summed E-state index contributed by atoms with van der Waals surface area (Å²) in [5.74, 6) is 0.442. The molecule has 0 bridgehead atoms. The van der Waals surface area contributed by atoms with Gasteiger partial charge in [-0.15, -0.1) is 0 Å². The summed E-state index contributed by atoms with van der Waals surface area (Å²) < 4.78 is 32.9. The molecule has 1 N–H and O–H groups in total. The number of carbonyl (C=O) groups is 1. The van der Waals surface area contributed by atoms with Crippen molar-refractivity contribution in [3.63, 3.8) is 0 Å². The number of carbonyl (C=O) groups excluding carboxylic acids is 1. The lowest BCUT2D eigenvalue weighted by Gasteiger charge is -2.35. The summed E-state index contributed by atoms with van der Waals surface area (Å²) in [7, 11) is -3.32. The van der Waals surface area contributed by atoms with Crippen LogP contribution in [0.25, 0.3) is 16.8 Å². The Morgan fingerprint density at radius 2 is 1.67 bits per heavy atom. The molecule has 12 heteroatoms. The van der Waals surface area contributed by atoms with E-state index < -0.39 is 15.6 Å². The zero-order valence-electron chi connectivity index (χ0n) is 23.2. The maximum Gasteiger partial charge on any atom is 0.316 e. The molecule has 1 aliphatic rings. The van der Waals surface area contributed by atoms with E-state index in [2.05, 4.69) is 10.4 Å². The first-order valence-electron chi connectivity index (χ1n) is 13.3. The molecule has 218 valence electrons. The summed E-state index contributed by atoms with van der Waals surface area (Å²) >= 11 is 6.04. The Balaban J connectivity index is 1.45. The molecule has 0 spiro atoms. The standard InChI is InChI=1S/C30H30ClN5O5S/c1-21(37)32-19-22-4-3-5-24(18-22)23-6-12-27(13-7-23)41-29-28(34-14-16-35(17-15-34)42(2,39)40)20-33-36(30(29)38)26-10-8-25(31)9-11-26/h3-13,18,20H,14-17,19H2,1-2H3,(H,32,37). The van der Waals surface area contributed by atoms with Crippen molar-refractivity contribution in [2.45, 2.75) is 13.5 Å². The highest BCUT2D eigenvalue weighted by molar-refractivity contribution is 7.88. The van der Waals surface area contributed by atoms with Crippen LogP contribution in [0.3, 0.4) is 0 Å². The second-order valence-electron chi connectivity index (χ2n) is 9.94. The van der Waals surface area contributed by atoms with Gasteiger partial charge in [0.15, 0.2) is 0 Å². The van der Waals surface area contributed by atoms with Gasteiger partial charge in [-0.05, 0) is 59.2 Å². The molecule has 42 heavy (non-hydrogen) atoms. The van der Waals surface area contributed by atoms with E-state index in [1.165, 1.54) is 22.2 Å². The Morgan fingerprint density at radius 1 is 0.976 bits per heavy atom. The van der Waals surface area contributed by atoms with E-state index in [1.54, 1.807) is 42.6 Å². The summed E-state index contributed by atoms with van der Waals surface area (Å²) in [4.78, 5) is 27.0. The highest BCUT2D eigenvalue weighted by Gasteiger charge is 2.27. The van der Waals surface area contributed by atoms with Crippen LogP contribution in [0.4, 0.5) is 5.69 Å². The Labute approximate surface area is 249 Å². The van der Waals surface area contributed by atoms with Crippen molar-refractivity contribution in [1.29, 1.82) is 0 Å². The molecule has 3 aromatic carbocycles. The van der Waals surface area contributed by atoms with Gasteiger partial charge in [-0.3, -0.25) is 9.59 Å². The number of nitrogens with zero attached hydrogens (tertiary/aromatic N) is 4. The average molecular weight is 608 g/mol. The molecule has 0 radical (unpaired) electrons. The number of hydrogen-bond acceptors (Lipinski definition) is 7. The second kappa shape index (κ2) is 12.4. The maximum atomic E-state index is 13.8. The van der Waals surface area contributed by atoms with Gasteiger partial charge in [-0.25, -0.2) is 8.42 Å². The molecule has 1 amide bonds. The van der Waals surface area contributed by atoms with Gasteiger partial charge in [0, 0.05) is 44.7 Å². The Kier molecular flexibility index (Phi) is 8.62. The fourth-order valence-electron chi connectivity index (χ4n) is 4.70. The van der Waals surface area contributed by atoms with Crippen LogP contribution in [0.2, 0.25) is 5.02 Å². The van der Waals surface area contributed by atoms with Gasteiger partial charge in [-0.2, -0.15) is 14.1 Å². The van der Waals surface area contributed by atoms with Crippen molar-refractivity contribution >= 4 is 33.2 Å². The number of piperazine rings is 1. The molecule has 4 aromatic rings. The fourth-order valence-corrected chi connectivity index (χ4v) is 5.65. The first-order chi connectivity index (χ1) is 20.1. The van der Waals surface area contributed by atoms with E-state index in [1.807, 2.05) is 41.3 Å². The van der Waals surface area contributed by atoms with Crippen LogP contribution in [-0.2, 0) is 21.4 Å². The molecule has 5 rings (SSSR count). The predicted molar refractivity (Wildman–Crippen MR) is 163 cm³/mol. The number of amides is 1. The Bertz CT molecular complexity index is 1750. The van der Waals surface area contributed by atoms with Gasteiger partial charge < -0.3 is 15.0 Å². The number of hydrogen-bond donors (Lipinski definition) is 1. The zero-order chi connectivity index (χ0) is 29.9. The number of anilines is 1. The molecule has 10 nitrogen and oxygen atoms in total. The Morgan fingerprint density at radius 3 is 2.31 bits per heavy atom. The number of benzene rings is 3. The van der Waals surface area contributed by atoms with Gasteiger partial charge >= 0.3 is 5.56 Å². The van der Waals surface area contributed by atoms with Gasteiger partial charge in [0.05, 0.1) is 18.1 Å². The number of sulfonamides is 1. The van der Waals surface area contributed by atoms with Gasteiger partial charge in [0.25, 0.3) is 0 Å². The topological polar surface area (TPSA) is 114 Å². The summed E-state index contributed by atoms with van der Waals surface area (Å²) in [5, 5.41) is 7.73. The highest BCUT2D eigenvalue weighted by atomic mass is 35.5. The van der Waals surface area contributed by atoms with Crippen molar-refractivity contribution in [2.24, 2.45) is 0 Å². The lowest BCUT2D eigenvalue weighted by atomic mass is 10.0. The summed E-state index contributed by atoms with van der Waals surface area (Å²) in [6.07, 6.45) is 2.76. The SMILES string of the molecule is CC(=O)NCc1cccc(-c2ccc(Oc3c(N4CCN(S(C)(=O)=O)CC4)cnn(-c4ccc(Cl)cc4)c3=O)cc2)c1. The number of nitrogens with one attached hydrogen (secondary N) is 1. The minimum Gasteiger partial charge on any atom is -0.449 e. The van der Waals surface area contributed by atoms with Crippen molar-refractivity contribution < 1.29 is 17.9 Å². The first kappa shape index (κ1) is 29.3. The van der Waals surface area contributed by atoms with Crippen molar-refractivity contribution in [3.05, 3.63) is 99.9 Å². The minimum absolute atomic E-state index is 0.0813. The van der Waals surface area contributed by atoms with Crippen LogP contribution in [0.5, 0.6) is 11.5 Å². The molecule has 0 aliphatic carbocycles. The molecule has 1 saturated heterocycles. The molecule has 0 atom stereocenters. The molecular weight excluding hydrogens is 578 g/mol. The van der Waals surface area contributed by atoms with E-state index in [0.717, 1.165) is 16.7 Å². The van der Waals surface area contributed by atoms with Crippen molar-refractivity contribution in [3.8, 4) is 28.3 Å². The van der Waals surface area contributed by atoms with Crippen LogP contribution < -0.4 is 20.5 Å². The molecule has 0 saturated carbocycles. The quantitative estimate of drug-likeness (QED) is 0.321. The van der Waals surface area contributed by atoms with Crippen LogP contribution in [0.15, 0.2) is 83.8 Å². The summed E-state index contributed by atoms with van der Waals surface area (Å²) in [6.45, 7) is 3.25. The minimum atomic E-state index is -3.32. The number of halogens is 1. The van der Waals surface area contributed by atoms with E-state index in [9.17, 15) is 18.0 Å². The average Bonchev–Trinajstić information content (AvgIpc) is 2.98. The number of rotatable bonds is 8. The van der Waals surface area contributed by atoms with E-state index in [4.69, 9.17) is 16.3 Å². The van der Waals surface area contributed by atoms with E-state index in [0.29, 0.717) is 41.8 Å². The third kappa shape index (κ3) is 6.81. The second-order valence-corrected chi connectivity index (χ2v) is 12.4. The third-order valence-electron chi connectivity index (χ3n) is 6.91. The van der Waals surface area contributed by atoms with Gasteiger partial charge in [0.1, 0.15) is 11.4 Å². The van der Waals surface area contributed by atoms with E-state index in [-0.39, 0.29) is 24.7 Å². The Hall–Kier alpha value is -4.19. The van der Waals surface area contributed by atoms with Crippen LogP contribution >= 0.6 is 11.6 Å². The van der Waals surface area contributed by atoms with E-state index >= 15 is 0 Å². The van der Waals surface area contributed by atoms with Gasteiger partial charge in [0.2, 0.25) is 21.7 Å². The maximum absolute atomic E-state index is 13.8. The van der Waals surface area contributed by atoms with Crippen LogP contribution in [-0.4, -0.2) is 60.8 Å². The fraction of sp³-hybridized carbons (Fsp3) is 0.233. The number of aromatic nitrogens is 2. The zero-order valence-corrected chi connectivity index (χ0v) is 24.7. The lowest BCUT2D eigenvalue weighted by Crippen LogP contribution is -2.48.